The van der Waals surface area contributed by atoms with E-state index in [9.17, 15) is 15.3 Å². The summed E-state index contributed by atoms with van der Waals surface area (Å²) in [7, 11) is 0. The second-order valence-corrected chi connectivity index (χ2v) is 4.52. The Bertz CT molecular complexity index is 603. The van der Waals surface area contributed by atoms with Crippen molar-refractivity contribution in [3.05, 3.63) is 41.5 Å². The van der Waals surface area contributed by atoms with E-state index in [1.807, 2.05) is 26.0 Å². The molecule has 0 aliphatic rings. The van der Waals surface area contributed by atoms with Crippen molar-refractivity contribution >= 4 is 0 Å². The predicted molar refractivity (Wildman–Crippen MR) is 75.6 cm³/mol. The van der Waals surface area contributed by atoms with Crippen LogP contribution >= 0.6 is 0 Å². The van der Waals surface area contributed by atoms with Gasteiger partial charge in [-0.25, -0.2) is 0 Å². The van der Waals surface area contributed by atoms with Crippen molar-refractivity contribution in [2.24, 2.45) is 0 Å². The van der Waals surface area contributed by atoms with E-state index < -0.39 is 0 Å². The second-order valence-electron chi connectivity index (χ2n) is 4.52. The molecule has 0 saturated heterocycles. The Labute approximate surface area is 112 Å². The lowest BCUT2D eigenvalue weighted by atomic mass is 9.93. The zero-order chi connectivity index (χ0) is 14.0. The Morgan fingerprint density at radius 3 is 2.11 bits per heavy atom. The van der Waals surface area contributed by atoms with E-state index in [4.69, 9.17) is 0 Å². The average Bonchev–Trinajstić information content (AvgIpc) is 2.41. The molecule has 0 atom stereocenters. The summed E-state index contributed by atoms with van der Waals surface area (Å²) in [4.78, 5) is 0. The minimum absolute atomic E-state index is 0.0519. The molecular weight excluding hydrogens is 240 g/mol. The second kappa shape index (κ2) is 5.22. The Hall–Kier alpha value is -2.16. The molecule has 0 radical (unpaired) electrons. The van der Waals surface area contributed by atoms with Crippen LogP contribution in [-0.2, 0) is 12.8 Å². The van der Waals surface area contributed by atoms with Gasteiger partial charge in [0, 0.05) is 11.1 Å². The molecule has 0 aliphatic heterocycles. The maximum absolute atomic E-state index is 10.4. The van der Waals surface area contributed by atoms with Gasteiger partial charge in [-0.05, 0) is 42.2 Å². The Morgan fingerprint density at radius 2 is 1.47 bits per heavy atom. The minimum atomic E-state index is 0.0519. The number of benzene rings is 2. The van der Waals surface area contributed by atoms with Crippen LogP contribution in [0.3, 0.4) is 0 Å². The molecular formula is C16H18O3. The van der Waals surface area contributed by atoms with Crippen molar-refractivity contribution in [3.8, 4) is 28.4 Å². The SMILES string of the molecule is CCc1ccc(CC)c(-c2cc(O)ccc2O)c1O. The number of phenolic OH excluding ortho intramolecular Hbond substituents is 3. The Balaban J connectivity index is 2.75. The van der Waals surface area contributed by atoms with Crippen LogP contribution in [0.4, 0.5) is 0 Å². The standard InChI is InChI=1S/C16H18O3/c1-3-10-5-6-11(4-2)16(19)15(10)13-9-12(17)7-8-14(13)18/h5-9,17-19H,3-4H2,1-2H3. The van der Waals surface area contributed by atoms with E-state index >= 15 is 0 Å². The first kappa shape index (κ1) is 13.3. The quantitative estimate of drug-likeness (QED) is 0.737. The smallest absolute Gasteiger partial charge is 0.126 e. The molecule has 0 heterocycles. The van der Waals surface area contributed by atoms with Crippen LogP contribution in [0.2, 0.25) is 0 Å². The lowest BCUT2D eigenvalue weighted by molar-refractivity contribution is 0.457. The highest BCUT2D eigenvalue weighted by molar-refractivity contribution is 5.80. The molecule has 0 fully saturated rings. The summed E-state index contributed by atoms with van der Waals surface area (Å²) in [5.41, 5.74) is 2.84. The van der Waals surface area contributed by atoms with Gasteiger partial charge >= 0.3 is 0 Å². The van der Waals surface area contributed by atoms with Crippen LogP contribution in [0.25, 0.3) is 11.1 Å². The predicted octanol–water partition coefficient (Wildman–Crippen LogP) is 3.60. The van der Waals surface area contributed by atoms with Crippen molar-refractivity contribution in [1.82, 2.24) is 0 Å². The number of phenols is 3. The maximum Gasteiger partial charge on any atom is 0.126 e. The number of aromatic hydroxyl groups is 3. The number of aryl methyl sites for hydroxylation is 2. The molecule has 2 rings (SSSR count). The third-order valence-corrected chi connectivity index (χ3v) is 3.36. The zero-order valence-electron chi connectivity index (χ0n) is 11.1. The molecule has 0 saturated carbocycles. The lowest BCUT2D eigenvalue weighted by Gasteiger charge is -2.15. The first-order valence-electron chi connectivity index (χ1n) is 6.44. The maximum atomic E-state index is 10.4. The molecule has 0 unspecified atom stereocenters. The summed E-state index contributed by atoms with van der Waals surface area (Å²) >= 11 is 0. The van der Waals surface area contributed by atoms with Gasteiger partial charge in [-0.1, -0.05) is 26.0 Å². The van der Waals surface area contributed by atoms with E-state index in [0.717, 1.165) is 17.5 Å². The molecule has 19 heavy (non-hydrogen) atoms. The van der Waals surface area contributed by atoms with Crippen LogP contribution in [-0.4, -0.2) is 15.3 Å². The van der Waals surface area contributed by atoms with Crippen molar-refractivity contribution < 1.29 is 15.3 Å². The van der Waals surface area contributed by atoms with Gasteiger partial charge < -0.3 is 15.3 Å². The molecule has 0 aromatic heterocycles. The summed E-state index contributed by atoms with van der Waals surface area (Å²) < 4.78 is 0. The highest BCUT2D eigenvalue weighted by Crippen LogP contribution is 2.41. The highest BCUT2D eigenvalue weighted by Gasteiger charge is 2.16. The third kappa shape index (κ3) is 2.36. The van der Waals surface area contributed by atoms with E-state index in [1.54, 1.807) is 0 Å². The monoisotopic (exact) mass is 258 g/mol. The molecule has 3 nitrogen and oxygen atoms in total. The summed E-state index contributed by atoms with van der Waals surface area (Å²) in [6, 6.07) is 8.19. The van der Waals surface area contributed by atoms with Gasteiger partial charge in [-0.3, -0.25) is 0 Å². The fourth-order valence-electron chi connectivity index (χ4n) is 2.28. The van der Waals surface area contributed by atoms with Crippen molar-refractivity contribution in [1.29, 1.82) is 0 Å². The van der Waals surface area contributed by atoms with Crippen LogP contribution in [0.15, 0.2) is 30.3 Å². The topological polar surface area (TPSA) is 60.7 Å². The third-order valence-electron chi connectivity index (χ3n) is 3.36. The first-order valence-corrected chi connectivity index (χ1v) is 6.44. The van der Waals surface area contributed by atoms with Gasteiger partial charge in [-0.2, -0.15) is 0 Å². The van der Waals surface area contributed by atoms with Gasteiger partial charge in [0.05, 0.1) is 0 Å². The van der Waals surface area contributed by atoms with Crippen LogP contribution < -0.4 is 0 Å². The average molecular weight is 258 g/mol. The number of hydrogen-bond donors (Lipinski definition) is 3. The Kier molecular flexibility index (Phi) is 3.65. The molecule has 2 aromatic rings. The lowest BCUT2D eigenvalue weighted by Crippen LogP contribution is -1.93. The van der Waals surface area contributed by atoms with Crippen LogP contribution in [0.1, 0.15) is 25.0 Å². The zero-order valence-corrected chi connectivity index (χ0v) is 11.1. The van der Waals surface area contributed by atoms with E-state index in [-0.39, 0.29) is 17.2 Å². The van der Waals surface area contributed by atoms with Gasteiger partial charge in [0.25, 0.3) is 0 Å². The summed E-state index contributed by atoms with van der Waals surface area (Å²) in [6.45, 7) is 3.95. The highest BCUT2D eigenvalue weighted by atomic mass is 16.3. The molecule has 0 bridgehead atoms. The van der Waals surface area contributed by atoms with Gasteiger partial charge in [0.15, 0.2) is 0 Å². The first-order chi connectivity index (χ1) is 9.08. The van der Waals surface area contributed by atoms with Gasteiger partial charge in [-0.15, -0.1) is 0 Å². The number of hydrogen-bond acceptors (Lipinski definition) is 3. The molecule has 0 aliphatic carbocycles. The van der Waals surface area contributed by atoms with E-state index in [1.165, 1.54) is 18.2 Å². The summed E-state index contributed by atoms with van der Waals surface area (Å²) in [5, 5.41) is 29.9. The number of rotatable bonds is 3. The molecule has 3 N–H and O–H groups in total. The Morgan fingerprint density at radius 1 is 0.842 bits per heavy atom. The van der Waals surface area contributed by atoms with E-state index in [2.05, 4.69) is 0 Å². The molecule has 100 valence electrons. The molecule has 2 aromatic carbocycles. The normalized spacial score (nSPS) is 10.6. The summed E-state index contributed by atoms with van der Waals surface area (Å²) in [5.74, 6) is 0.301. The summed E-state index contributed by atoms with van der Waals surface area (Å²) in [6.07, 6.45) is 1.45. The minimum Gasteiger partial charge on any atom is -0.508 e. The largest absolute Gasteiger partial charge is 0.508 e. The van der Waals surface area contributed by atoms with E-state index in [0.29, 0.717) is 17.5 Å². The molecule has 0 spiro atoms. The van der Waals surface area contributed by atoms with Crippen LogP contribution in [0, 0.1) is 0 Å². The molecule has 0 amide bonds. The fraction of sp³-hybridized carbons (Fsp3) is 0.250. The van der Waals surface area contributed by atoms with Crippen molar-refractivity contribution in [2.45, 2.75) is 26.7 Å². The van der Waals surface area contributed by atoms with Gasteiger partial charge in [0.2, 0.25) is 0 Å². The van der Waals surface area contributed by atoms with Crippen LogP contribution in [0.5, 0.6) is 17.2 Å². The van der Waals surface area contributed by atoms with Crippen molar-refractivity contribution in [3.63, 3.8) is 0 Å². The van der Waals surface area contributed by atoms with Crippen molar-refractivity contribution in [2.75, 3.05) is 0 Å². The van der Waals surface area contributed by atoms with Gasteiger partial charge in [0.1, 0.15) is 17.2 Å². The molecule has 3 heteroatoms. The fourth-order valence-corrected chi connectivity index (χ4v) is 2.28.